The molecule has 1 unspecified atom stereocenters. The fourth-order valence-electron chi connectivity index (χ4n) is 3.49. The molecule has 0 saturated carbocycles. The van der Waals surface area contributed by atoms with Crippen LogP contribution in [0.25, 0.3) is 10.2 Å². The second kappa shape index (κ2) is 8.16. The first-order valence-corrected chi connectivity index (χ1v) is 12.8. The number of benzene rings is 1. The summed E-state index contributed by atoms with van der Waals surface area (Å²) < 4.78 is 26.7. The van der Waals surface area contributed by atoms with Crippen molar-refractivity contribution in [3.8, 4) is 0 Å². The number of rotatable bonds is 5. The van der Waals surface area contributed by atoms with Gasteiger partial charge in [0.25, 0.3) is 15.6 Å². The summed E-state index contributed by atoms with van der Waals surface area (Å²) in [5.74, 6) is -0.262. The minimum Gasteiger partial charge on any atom is -0.301 e. The van der Waals surface area contributed by atoms with Crippen molar-refractivity contribution in [2.45, 2.75) is 43.2 Å². The number of aromatic nitrogens is 2. The zero-order valence-electron chi connectivity index (χ0n) is 16.5. The number of thiophene rings is 1. The molecule has 1 atom stereocenters. The van der Waals surface area contributed by atoms with Crippen molar-refractivity contribution in [3.05, 3.63) is 50.6 Å². The Labute approximate surface area is 182 Å². The fourth-order valence-corrected chi connectivity index (χ4v) is 6.66. The van der Waals surface area contributed by atoms with Crippen LogP contribution in [0.2, 0.25) is 0 Å². The van der Waals surface area contributed by atoms with Gasteiger partial charge in [-0.25, -0.2) is 18.1 Å². The van der Waals surface area contributed by atoms with Crippen LogP contribution in [-0.4, -0.2) is 30.0 Å². The molecule has 1 aliphatic carbocycles. The largest absolute Gasteiger partial charge is 0.301 e. The quantitative estimate of drug-likeness (QED) is 0.445. The summed E-state index contributed by atoms with van der Waals surface area (Å²) in [6.07, 6.45) is 2.90. The summed E-state index contributed by atoms with van der Waals surface area (Å²) in [4.78, 5) is 33.9. The molecular weight excluding hydrogens is 442 g/mol. The molecule has 2 N–H and O–H groups in total. The Hall–Kier alpha value is -2.17. The van der Waals surface area contributed by atoms with Gasteiger partial charge in [0.1, 0.15) is 4.83 Å². The molecule has 0 saturated heterocycles. The maximum absolute atomic E-state index is 12.6. The van der Waals surface area contributed by atoms with Crippen molar-refractivity contribution < 1.29 is 13.2 Å². The lowest BCUT2D eigenvalue weighted by Crippen LogP contribution is -2.32. The summed E-state index contributed by atoms with van der Waals surface area (Å²) in [7, 11) is -3.93. The lowest BCUT2D eigenvalue weighted by Gasteiger charge is -2.17. The number of aryl methyl sites for hydroxylation is 2. The smallest absolute Gasteiger partial charge is 0.264 e. The number of aromatic amines is 1. The molecule has 2 aromatic heterocycles. The zero-order chi connectivity index (χ0) is 21.5. The average Bonchev–Trinajstić information content (AvgIpc) is 3.04. The number of fused-ring (bicyclic) bond motifs is 3. The van der Waals surface area contributed by atoms with Gasteiger partial charge in [-0.3, -0.25) is 9.59 Å². The molecule has 1 amide bonds. The number of thioether (sulfide) groups is 1. The van der Waals surface area contributed by atoms with Gasteiger partial charge in [-0.2, -0.15) is 0 Å². The highest BCUT2D eigenvalue weighted by Gasteiger charge is 2.23. The first kappa shape index (κ1) is 21.1. The van der Waals surface area contributed by atoms with Gasteiger partial charge >= 0.3 is 0 Å². The maximum Gasteiger partial charge on any atom is 0.264 e. The first-order chi connectivity index (χ1) is 14.2. The maximum atomic E-state index is 12.6. The summed E-state index contributed by atoms with van der Waals surface area (Å²) >= 11 is 2.54. The van der Waals surface area contributed by atoms with E-state index in [1.165, 1.54) is 28.3 Å². The minimum absolute atomic E-state index is 0.0257. The number of carbonyl (C=O) groups is 1. The van der Waals surface area contributed by atoms with E-state index >= 15 is 0 Å². The van der Waals surface area contributed by atoms with Crippen molar-refractivity contribution in [2.75, 3.05) is 5.75 Å². The van der Waals surface area contributed by atoms with Crippen LogP contribution in [0.3, 0.4) is 0 Å². The Balaban J connectivity index is 1.47. The van der Waals surface area contributed by atoms with E-state index in [-0.39, 0.29) is 16.2 Å². The number of amides is 1. The van der Waals surface area contributed by atoms with E-state index in [2.05, 4.69) is 21.6 Å². The Morgan fingerprint density at radius 1 is 1.33 bits per heavy atom. The highest BCUT2D eigenvalue weighted by Crippen LogP contribution is 2.36. The number of nitrogens with zero attached hydrogens (tertiary/aromatic N) is 1. The molecule has 30 heavy (non-hydrogen) atoms. The molecule has 2 heterocycles. The summed E-state index contributed by atoms with van der Waals surface area (Å²) in [6.45, 7) is 4.05. The molecule has 0 radical (unpaired) electrons. The molecule has 4 rings (SSSR count). The molecule has 0 fully saturated rings. The minimum atomic E-state index is -3.93. The highest BCUT2D eigenvalue weighted by atomic mass is 32.2. The third-order valence-corrected chi connectivity index (χ3v) is 8.47. The second-order valence-electron chi connectivity index (χ2n) is 7.53. The molecule has 1 aliphatic rings. The van der Waals surface area contributed by atoms with E-state index in [0.29, 0.717) is 21.3 Å². The zero-order valence-corrected chi connectivity index (χ0v) is 19.0. The van der Waals surface area contributed by atoms with Crippen molar-refractivity contribution >= 4 is 49.2 Å². The van der Waals surface area contributed by atoms with Crippen molar-refractivity contribution in [1.82, 2.24) is 14.7 Å². The van der Waals surface area contributed by atoms with E-state index in [1.54, 1.807) is 12.1 Å². The van der Waals surface area contributed by atoms with Crippen LogP contribution in [0, 0.1) is 12.8 Å². The Morgan fingerprint density at radius 2 is 2.07 bits per heavy atom. The number of hydrogen-bond acceptors (Lipinski definition) is 7. The van der Waals surface area contributed by atoms with E-state index in [9.17, 15) is 18.0 Å². The molecule has 7 nitrogen and oxygen atoms in total. The Kier molecular flexibility index (Phi) is 5.73. The molecule has 158 valence electrons. The van der Waals surface area contributed by atoms with Crippen LogP contribution in [0.4, 0.5) is 0 Å². The molecule has 0 bridgehead atoms. The number of nitrogens with one attached hydrogen (secondary N) is 2. The van der Waals surface area contributed by atoms with Crippen LogP contribution < -0.4 is 10.3 Å². The second-order valence-corrected chi connectivity index (χ2v) is 11.3. The number of sulfonamides is 1. The Bertz CT molecular complexity index is 1280. The van der Waals surface area contributed by atoms with Gasteiger partial charge in [-0.1, -0.05) is 36.4 Å². The number of H-pyrrole nitrogens is 1. The van der Waals surface area contributed by atoms with Gasteiger partial charge in [0.15, 0.2) is 5.16 Å². The average molecular weight is 464 g/mol. The molecule has 10 heteroatoms. The van der Waals surface area contributed by atoms with Gasteiger partial charge in [0, 0.05) is 4.88 Å². The predicted molar refractivity (Wildman–Crippen MR) is 119 cm³/mol. The van der Waals surface area contributed by atoms with Crippen LogP contribution in [0.15, 0.2) is 39.1 Å². The summed E-state index contributed by atoms with van der Waals surface area (Å²) in [5.41, 5.74) is 1.81. The van der Waals surface area contributed by atoms with E-state index in [4.69, 9.17) is 0 Å². The van der Waals surface area contributed by atoms with Gasteiger partial charge in [-0.05, 0) is 49.8 Å². The van der Waals surface area contributed by atoms with E-state index in [1.807, 2.05) is 6.92 Å². The third-order valence-electron chi connectivity index (χ3n) is 5.06. The monoisotopic (exact) mass is 463 g/mol. The van der Waals surface area contributed by atoms with Gasteiger partial charge < -0.3 is 4.98 Å². The van der Waals surface area contributed by atoms with E-state index < -0.39 is 15.9 Å². The molecule has 0 aliphatic heterocycles. The fraction of sp³-hybridized carbons (Fsp3) is 0.350. The highest BCUT2D eigenvalue weighted by molar-refractivity contribution is 8.00. The van der Waals surface area contributed by atoms with Crippen molar-refractivity contribution in [2.24, 2.45) is 5.92 Å². The molecular formula is C20H21N3O4S3. The van der Waals surface area contributed by atoms with Crippen molar-refractivity contribution in [3.63, 3.8) is 0 Å². The molecule has 0 spiro atoms. The van der Waals surface area contributed by atoms with Gasteiger partial charge in [0.2, 0.25) is 5.91 Å². The van der Waals surface area contributed by atoms with Crippen LogP contribution in [0.5, 0.6) is 0 Å². The van der Waals surface area contributed by atoms with Crippen LogP contribution in [-0.2, 0) is 27.7 Å². The third kappa shape index (κ3) is 4.30. The lowest BCUT2D eigenvalue weighted by molar-refractivity contribution is -0.116. The van der Waals surface area contributed by atoms with Crippen LogP contribution >= 0.6 is 23.1 Å². The molecule has 3 aromatic rings. The predicted octanol–water partition coefficient (Wildman–Crippen LogP) is 3.02. The number of hydrogen-bond donors (Lipinski definition) is 2. The van der Waals surface area contributed by atoms with E-state index in [0.717, 1.165) is 42.2 Å². The Morgan fingerprint density at radius 3 is 2.80 bits per heavy atom. The summed E-state index contributed by atoms with van der Waals surface area (Å²) in [6, 6.07) is 6.23. The van der Waals surface area contributed by atoms with Gasteiger partial charge in [0.05, 0.1) is 16.0 Å². The standard InChI is InChI=1S/C20H21N3O4S3/c1-11-3-6-13(7-4-11)30(26,27)23-16(24)10-28-20-21-18(25)17-14-8-5-12(2)9-15(14)29-19(17)22-20/h3-4,6-7,12H,5,8-10H2,1-2H3,(H,23,24)(H,21,22,25). The SMILES string of the molecule is Cc1ccc(S(=O)(=O)NC(=O)CSc2nc3sc4c(c3c(=O)[nH]2)CCC(C)C4)cc1. The number of carbonyl (C=O) groups excluding carboxylic acids is 1. The summed E-state index contributed by atoms with van der Waals surface area (Å²) in [5, 5.41) is 0.958. The van der Waals surface area contributed by atoms with Crippen molar-refractivity contribution in [1.29, 1.82) is 0 Å². The molecule has 1 aromatic carbocycles. The van der Waals surface area contributed by atoms with Gasteiger partial charge in [-0.15, -0.1) is 11.3 Å². The normalized spacial score (nSPS) is 16.4. The lowest BCUT2D eigenvalue weighted by atomic mass is 9.89. The topological polar surface area (TPSA) is 109 Å². The van der Waals surface area contributed by atoms with Crippen LogP contribution in [0.1, 0.15) is 29.3 Å². The first-order valence-electron chi connectivity index (χ1n) is 9.52.